The maximum Gasteiger partial charge on any atom is 0.225 e. The lowest BCUT2D eigenvalue weighted by atomic mass is 9.92. The van der Waals surface area contributed by atoms with Gasteiger partial charge < -0.3 is 10.2 Å². The van der Waals surface area contributed by atoms with E-state index in [2.05, 4.69) is 21.7 Å². The van der Waals surface area contributed by atoms with Gasteiger partial charge in [0, 0.05) is 36.0 Å². The fourth-order valence-electron chi connectivity index (χ4n) is 3.80. The second-order valence-electron chi connectivity index (χ2n) is 6.78. The van der Waals surface area contributed by atoms with E-state index in [1.807, 2.05) is 11.3 Å². The second-order valence-corrected chi connectivity index (χ2v) is 7.79. The number of carbonyl (C=O) groups excluding carboxylic acids is 1. The van der Waals surface area contributed by atoms with Crippen LogP contribution in [0.4, 0.5) is 0 Å². The summed E-state index contributed by atoms with van der Waals surface area (Å²) in [5, 5.41) is 6.11. The van der Waals surface area contributed by atoms with E-state index < -0.39 is 0 Å². The van der Waals surface area contributed by atoms with Gasteiger partial charge in [-0.2, -0.15) is 0 Å². The molecular weight excluding hydrogens is 280 g/mol. The van der Waals surface area contributed by atoms with Crippen molar-refractivity contribution in [2.75, 3.05) is 13.1 Å². The van der Waals surface area contributed by atoms with Crippen molar-refractivity contribution in [2.24, 2.45) is 5.92 Å². The minimum atomic E-state index is 0.376. The molecule has 0 aromatic carbocycles. The molecule has 1 atom stereocenters. The minimum Gasteiger partial charge on any atom is -0.342 e. The predicted molar refractivity (Wildman–Crippen MR) is 85.5 cm³/mol. The fourth-order valence-corrected chi connectivity index (χ4v) is 4.79. The van der Waals surface area contributed by atoms with Crippen LogP contribution < -0.4 is 5.32 Å². The van der Waals surface area contributed by atoms with Crippen LogP contribution in [-0.2, 0) is 11.2 Å². The summed E-state index contributed by atoms with van der Waals surface area (Å²) in [5.41, 5.74) is 1.54. The fraction of sp³-hybridized carbons (Fsp3) is 0.706. The van der Waals surface area contributed by atoms with Crippen molar-refractivity contribution in [2.45, 2.75) is 57.0 Å². The van der Waals surface area contributed by atoms with Crippen LogP contribution in [0.1, 0.15) is 55.0 Å². The van der Waals surface area contributed by atoms with E-state index in [-0.39, 0.29) is 0 Å². The number of piperidine rings is 1. The Bertz CT molecular complexity index is 515. The van der Waals surface area contributed by atoms with Crippen LogP contribution in [0.15, 0.2) is 11.4 Å². The van der Waals surface area contributed by atoms with Crippen LogP contribution in [0.25, 0.3) is 0 Å². The molecule has 2 fully saturated rings. The number of nitrogens with one attached hydrogen (secondary N) is 1. The standard InChI is InChI=1S/C17H24N2OS/c20-17(12-4-5-12)19-9-6-13(7-10-19)18-15-2-1-3-16-14(15)8-11-21-16/h8,11-13,15,18H,1-7,9-10H2. The zero-order valence-corrected chi connectivity index (χ0v) is 13.3. The van der Waals surface area contributed by atoms with Gasteiger partial charge in [-0.3, -0.25) is 4.79 Å². The Morgan fingerprint density at radius 3 is 2.76 bits per heavy atom. The first-order chi connectivity index (χ1) is 10.3. The zero-order chi connectivity index (χ0) is 14.2. The predicted octanol–water partition coefficient (Wildman–Crippen LogP) is 3.12. The average Bonchev–Trinajstić information content (AvgIpc) is 3.25. The number of fused-ring (bicyclic) bond motifs is 1. The molecule has 1 aromatic heterocycles. The van der Waals surface area contributed by atoms with Crippen LogP contribution in [0, 0.1) is 5.92 Å². The first-order valence-corrected chi connectivity index (χ1v) is 9.30. The Morgan fingerprint density at radius 2 is 2.00 bits per heavy atom. The number of nitrogens with zero attached hydrogens (tertiary/aromatic N) is 1. The van der Waals surface area contributed by atoms with Crippen LogP contribution in [0.2, 0.25) is 0 Å². The molecule has 1 unspecified atom stereocenters. The topological polar surface area (TPSA) is 32.3 Å². The highest BCUT2D eigenvalue weighted by Crippen LogP contribution is 2.35. The molecule has 1 amide bonds. The number of likely N-dealkylation sites (tertiary alicyclic amines) is 1. The first kappa shape index (κ1) is 13.8. The smallest absolute Gasteiger partial charge is 0.225 e. The third-order valence-corrected chi connectivity index (χ3v) is 6.22. The molecule has 1 aromatic rings. The van der Waals surface area contributed by atoms with Crippen molar-refractivity contribution in [3.8, 4) is 0 Å². The molecule has 0 radical (unpaired) electrons. The molecule has 1 aliphatic heterocycles. The number of aryl methyl sites for hydroxylation is 1. The highest BCUT2D eigenvalue weighted by molar-refractivity contribution is 7.10. The Hall–Kier alpha value is -0.870. The van der Waals surface area contributed by atoms with E-state index in [0.29, 0.717) is 23.9 Å². The Kier molecular flexibility index (Phi) is 3.76. The Balaban J connectivity index is 1.32. The van der Waals surface area contributed by atoms with Crippen LogP contribution >= 0.6 is 11.3 Å². The molecular formula is C17H24N2OS. The number of carbonyl (C=O) groups is 1. The minimum absolute atomic E-state index is 0.376. The number of hydrogen-bond donors (Lipinski definition) is 1. The Labute approximate surface area is 130 Å². The average molecular weight is 304 g/mol. The van der Waals surface area contributed by atoms with Gasteiger partial charge in [0.1, 0.15) is 0 Å². The van der Waals surface area contributed by atoms with Gasteiger partial charge in [-0.25, -0.2) is 0 Å². The van der Waals surface area contributed by atoms with Crippen molar-refractivity contribution in [3.05, 3.63) is 21.9 Å². The van der Waals surface area contributed by atoms with Crippen LogP contribution in [-0.4, -0.2) is 29.9 Å². The summed E-state index contributed by atoms with van der Waals surface area (Å²) in [5.74, 6) is 0.799. The highest BCUT2D eigenvalue weighted by atomic mass is 32.1. The van der Waals surface area contributed by atoms with Crippen LogP contribution in [0.3, 0.4) is 0 Å². The molecule has 3 aliphatic rings. The van der Waals surface area contributed by atoms with E-state index in [0.717, 1.165) is 38.8 Å². The molecule has 21 heavy (non-hydrogen) atoms. The summed E-state index contributed by atoms with van der Waals surface area (Å²) in [7, 11) is 0. The molecule has 3 nitrogen and oxygen atoms in total. The summed E-state index contributed by atoms with van der Waals surface area (Å²) >= 11 is 1.91. The maximum absolute atomic E-state index is 12.1. The molecule has 0 bridgehead atoms. The van der Waals surface area contributed by atoms with Gasteiger partial charge in [0.2, 0.25) is 5.91 Å². The number of amides is 1. The lowest BCUT2D eigenvalue weighted by Crippen LogP contribution is -2.46. The normalized spacial score (nSPS) is 26.7. The van der Waals surface area contributed by atoms with E-state index in [9.17, 15) is 4.79 Å². The van der Waals surface area contributed by atoms with E-state index in [1.54, 1.807) is 10.4 Å². The van der Waals surface area contributed by atoms with Gasteiger partial charge in [-0.1, -0.05) is 0 Å². The number of hydrogen-bond acceptors (Lipinski definition) is 3. The largest absolute Gasteiger partial charge is 0.342 e. The molecule has 4 rings (SSSR count). The molecule has 2 heterocycles. The van der Waals surface area contributed by atoms with Crippen molar-refractivity contribution in [3.63, 3.8) is 0 Å². The van der Waals surface area contributed by atoms with Gasteiger partial charge in [0.05, 0.1) is 0 Å². The Morgan fingerprint density at radius 1 is 1.19 bits per heavy atom. The molecule has 4 heteroatoms. The van der Waals surface area contributed by atoms with Gasteiger partial charge in [-0.15, -0.1) is 11.3 Å². The number of thiophene rings is 1. The summed E-state index contributed by atoms with van der Waals surface area (Å²) in [6.45, 7) is 1.91. The van der Waals surface area contributed by atoms with Gasteiger partial charge in [0.25, 0.3) is 0 Å². The highest BCUT2D eigenvalue weighted by Gasteiger charge is 2.35. The number of rotatable bonds is 3. The summed E-state index contributed by atoms with van der Waals surface area (Å²) in [6, 6.07) is 3.45. The van der Waals surface area contributed by atoms with Gasteiger partial charge in [0.15, 0.2) is 0 Å². The van der Waals surface area contributed by atoms with Crippen molar-refractivity contribution in [1.82, 2.24) is 10.2 Å². The van der Waals surface area contributed by atoms with E-state index >= 15 is 0 Å². The molecule has 2 aliphatic carbocycles. The maximum atomic E-state index is 12.1. The molecule has 0 spiro atoms. The summed E-state index contributed by atoms with van der Waals surface area (Å²) in [4.78, 5) is 15.8. The van der Waals surface area contributed by atoms with Crippen molar-refractivity contribution < 1.29 is 4.79 Å². The molecule has 1 saturated heterocycles. The molecule has 1 saturated carbocycles. The van der Waals surface area contributed by atoms with Crippen molar-refractivity contribution >= 4 is 17.2 Å². The third-order valence-electron chi connectivity index (χ3n) is 5.22. The van der Waals surface area contributed by atoms with Gasteiger partial charge >= 0.3 is 0 Å². The van der Waals surface area contributed by atoms with E-state index in [4.69, 9.17) is 0 Å². The second kappa shape index (κ2) is 5.73. The van der Waals surface area contributed by atoms with E-state index in [1.165, 1.54) is 19.3 Å². The SMILES string of the molecule is O=C(C1CC1)N1CCC(NC2CCCc3sccc32)CC1. The zero-order valence-electron chi connectivity index (χ0n) is 12.5. The lowest BCUT2D eigenvalue weighted by Gasteiger charge is -2.35. The summed E-state index contributed by atoms with van der Waals surface area (Å²) in [6.07, 6.45) is 8.33. The van der Waals surface area contributed by atoms with Crippen molar-refractivity contribution in [1.29, 1.82) is 0 Å². The molecule has 1 N–H and O–H groups in total. The summed E-state index contributed by atoms with van der Waals surface area (Å²) < 4.78 is 0. The lowest BCUT2D eigenvalue weighted by molar-refractivity contribution is -0.133. The third kappa shape index (κ3) is 2.88. The first-order valence-electron chi connectivity index (χ1n) is 8.42. The molecule has 114 valence electrons. The van der Waals surface area contributed by atoms with Crippen LogP contribution in [0.5, 0.6) is 0 Å². The monoisotopic (exact) mass is 304 g/mol. The quantitative estimate of drug-likeness (QED) is 0.930. The van der Waals surface area contributed by atoms with Gasteiger partial charge in [-0.05, 0) is 62.0 Å².